The minimum absolute atomic E-state index is 0.0906. The Bertz CT molecular complexity index is 691. The molecule has 0 unspecified atom stereocenters. The van der Waals surface area contributed by atoms with E-state index < -0.39 is 0 Å². The van der Waals surface area contributed by atoms with Gasteiger partial charge in [0, 0.05) is 6.20 Å². The maximum atomic E-state index is 9.16. The summed E-state index contributed by atoms with van der Waals surface area (Å²) < 4.78 is 1.02. The Morgan fingerprint density at radius 2 is 2.16 bits per heavy atom. The fraction of sp³-hybridized carbons (Fsp3) is 0. The number of fused-ring (bicyclic) bond motifs is 1. The zero-order valence-electron chi connectivity index (χ0n) is 9.58. The summed E-state index contributed by atoms with van der Waals surface area (Å²) in [6.45, 7) is 0. The normalized spacial score (nSPS) is 11.0. The van der Waals surface area contributed by atoms with Crippen LogP contribution in [-0.2, 0) is 0 Å². The highest BCUT2D eigenvalue weighted by molar-refractivity contribution is 7.89. The quantitative estimate of drug-likeness (QED) is 0.655. The van der Waals surface area contributed by atoms with Crippen LogP contribution in [0.1, 0.15) is 5.01 Å². The number of rotatable bonds is 2. The van der Waals surface area contributed by atoms with Gasteiger partial charge in [-0.1, -0.05) is 36.6 Å². The van der Waals surface area contributed by atoms with Crippen LogP contribution in [0.3, 0.4) is 0 Å². The molecule has 0 radical (unpaired) electrons. The molecule has 0 saturated heterocycles. The maximum absolute atomic E-state index is 9.16. The van der Waals surface area contributed by atoms with Crippen molar-refractivity contribution in [3.8, 4) is 6.07 Å². The zero-order chi connectivity index (χ0) is 13.8. The molecule has 3 N–H and O–H groups in total. The van der Waals surface area contributed by atoms with Crippen molar-refractivity contribution in [3.63, 3.8) is 0 Å². The molecule has 0 aliphatic carbocycles. The standard InChI is InChI=1S/C12H8N4S3/c13-5-7(6-15-11(18)10(14)17)12-16-8-3-1-2-4-9(8)19-12/h1-4,6H,(H2,14,17)(H,15,18)/b7-6-. The summed E-state index contributed by atoms with van der Waals surface area (Å²) >= 11 is 11.1. The predicted octanol–water partition coefficient (Wildman–Crippen LogP) is 2.36. The number of nitrogens with zero attached hydrogens (tertiary/aromatic N) is 2. The van der Waals surface area contributed by atoms with Gasteiger partial charge in [0.05, 0.1) is 10.2 Å². The second-order valence-electron chi connectivity index (χ2n) is 3.49. The maximum Gasteiger partial charge on any atom is 0.137 e. The van der Waals surface area contributed by atoms with E-state index in [2.05, 4.69) is 16.4 Å². The minimum Gasteiger partial charge on any atom is -0.388 e. The number of hydrogen-bond donors (Lipinski definition) is 2. The summed E-state index contributed by atoms with van der Waals surface area (Å²) in [5, 5.41) is 12.5. The van der Waals surface area contributed by atoms with E-state index in [4.69, 9.17) is 35.4 Å². The third-order valence-corrected chi connectivity index (χ3v) is 3.96. The van der Waals surface area contributed by atoms with Crippen molar-refractivity contribution >= 4 is 61.5 Å². The molecular formula is C12H8N4S3. The lowest BCUT2D eigenvalue weighted by molar-refractivity contribution is 1.32. The van der Waals surface area contributed by atoms with Crippen LogP contribution in [0.2, 0.25) is 0 Å². The lowest BCUT2D eigenvalue weighted by Gasteiger charge is -2.00. The van der Waals surface area contributed by atoms with E-state index in [1.165, 1.54) is 17.5 Å². The van der Waals surface area contributed by atoms with Crippen LogP contribution in [0.4, 0.5) is 0 Å². The van der Waals surface area contributed by atoms with E-state index in [0.717, 1.165) is 10.2 Å². The molecule has 4 nitrogen and oxygen atoms in total. The number of thiazole rings is 1. The van der Waals surface area contributed by atoms with Crippen molar-refractivity contribution in [2.24, 2.45) is 5.73 Å². The highest BCUT2D eigenvalue weighted by atomic mass is 32.1. The summed E-state index contributed by atoms with van der Waals surface area (Å²) in [6, 6.07) is 9.77. The van der Waals surface area contributed by atoms with Gasteiger partial charge in [0.2, 0.25) is 0 Å². The number of benzene rings is 1. The van der Waals surface area contributed by atoms with Gasteiger partial charge in [-0.2, -0.15) is 5.26 Å². The van der Waals surface area contributed by atoms with E-state index in [9.17, 15) is 0 Å². The largest absolute Gasteiger partial charge is 0.388 e. The number of hydrogen-bond acceptors (Lipinski definition) is 5. The molecule has 2 rings (SSSR count). The van der Waals surface area contributed by atoms with Crippen molar-refractivity contribution in [2.45, 2.75) is 0 Å². The summed E-state index contributed by atoms with van der Waals surface area (Å²) in [5.74, 6) is 0. The summed E-state index contributed by atoms with van der Waals surface area (Å²) in [6.07, 6.45) is 1.47. The van der Waals surface area contributed by atoms with Gasteiger partial charge >= 0.3 is 0 Å². The van der Waals surface area contributed by atoms with Gasteiger partial charge in [0.1, 0.15) is 26.6 Å². The first-order valence-corrected chi connectivity index (χ1v) is 6.81. The third kappa shape index (κ3) is 3.12. The number of nitriles is 1. The fourth-order valence-corrected chi connectivity index (χ4v) is 2.39. The lowest BCUT2D eigenvalue weighted by Crippen LogP contribution is -2.29. The van der Waals surface area contributed by atoms with Gasteiger partial charge in [-0.25, -0.2) is 4.98 Å². The summed E-state index contributed by atoms with van der Waals surface area (Å²) in [4.78, 5) is 4.70. The fourth-order valence-electron chi connectivity index (χ4n) is 1.34. The van der Waals surface area contributed by atoms with Crippen LogP contribution in [0.15, 0.2) is 30.5 Å². The van der Waals surface area contributed by atoms with Crippen molar-refractivity contribution in [2.75, 3.05) is 0 Å². The van der Waals surface area contributed by atoms with Gasteiger partial charge in [0.15, 0.2) is 0 Å². The Morgan fingerprint density at radius 3 is 2.79 bits per heavy atom. The van der Waals surface area contributed by atoms with Gasteiger partial charge < -0.3 is 11.1 Å². The molecule has 0 saturated carbocycles. The molecule has 0 amide bonds. The molecule has 0 atom stereocenters. The smallest absolute Gasteiger partial charge is 0.137 e. The average molecular weight is 304 g/mol. The van der Waals surface area contributed by atoms with E-state index in [1.54, 1.807) is 0 Å². The SMILES string of the molecule is N#C/C(=C/NC(=S)C(N)=S)c1nc2ccccc2s1. The highest BCUT2D eigenvalue weighted by Gasteiger charge is 2.08. The van der Waals surface area contributed by atoms with Gasteiger partial charge in [-0.05, 0) is 12.1 Å². The lowest BCUT2D eigenvalue weighted by atomic mass is 10.3. The first-order valence-electron chi connectivity index (χ1n) is 5.18. The first-order chi connectivity index (χ1) is 9.11. The molecule has 0 bridgehead atoms. The van der Waals surface area contributed by atoms with Crippen molar-refractivity contribution in [1.29, 1.82) is 5.26 Å². The zero-order valence-corrected chi connectivity index (χ0v) is 12.0. The Kier molecular flexibility index (Phi) is 4.16. The number of thiocarbonyl (C=S) groups is 2. The second-order valence-corrected chi connectivity index (χ2v) is 5.37. The number of nitrogens with one attached hydrogen (secondary N) is 1. The van der Waals surface area contributed by atoms with Gasteiger partial charge in [-0.3, -0.25) is 0 Å². The molecule has 94 valence electrons. The van der Waals surface area contributed by atoms with E-state index in [0.29, 0.717) is 10.6 Å². The molecule has 0 aliphatic rings. The Hall–Kier alpha value is -1.88. The first kappa shape index (κ1) is 13.5. The number of allylic oxidation sites excluding steroid dienone is 1. The van der Waals surface area contributed by atoms with Crippen molar-refractivity contribution in [3.05, 3.63) is 35.5 Å². The highest BCUT2D eigenvalue weighted by Crippen LogP contribution is 2.26. The van der Waals surface area contributed by atoms with Crippen molar-refractivity contribution in [1.82, 2.24) is 10.3 Å². The molecular weight excluding hydrogens is 296 g/mol. The van der Waals surface area contributed by atoms with Crippen molar-refractivity contribution < 1.29 is 0 Å². The topological polar surface area (TPSA) is 74.7 Å². The Balaban J connectivity index is 2.32. The monoisotopic (exact) mass is 304 g/mol. The molecule has 7 heteroatoms. The molecule has 0 fully saturated rings. The average Bonchev–Trinajstić information content (AvgIpc) is 2.82. The van der Waals surface area contributed by atoms with Crippen LogP contribution in [-0.4, -0.2) is 15.0 Å². The number of nitrogens with two attached hydrogens (primary N) is 1. The minimum atomic E-state index is 0.0906. The van der Waals surface area contributed by atoms with E-state index in [1.807, 2.05) is 24.3 Å². The summed E-state index contributed by atoms with van der Waals surface area (Å²) in [5.41, 5.74) is 6.62. The summed E-state index contributed by atoms with van der Waals surface area (Å²) in [7, 11) is 0. The van der Waals surface area contributed by atoms with Gasteiger partial charge in [0.25, 0.3) is 0 Å². The van der Waals surface area contributed by atoms with E-state index >= 15 is 0 Å². The Morgan fingerprint density at radius 1 is 1.42 bits per heavy atom. The molecule has 1 aromatic carbocycles. The second kappa shape index (κ2) is 5.84. The van der Waals surface area contributed by atoms with E-state index in [-0.39, 0.29) is 9.98 Å². The van der Waals surface area contributed by atoms with Gasteiger partial charge in [-0.15, -0.1) is 11.3 Å². The molecule has 0 aliphatic heterocycles. The van der Waals surface area contributed by atoms with Crippen LogP contribution >= 0.6 is 35.8 Å². The molecule has 1 heterocycles. The molecule has 0 spiro atoms. The van der Waals surface area contributed by atoms with Crippen LogP contribution < -0.4 is 11.1 Å². The van der Waals surface area contributed by atoms with Crippen LogP contribution in [0.25, 0.3) is 15.8 Å². The predicted molar refractivity (Wildman–Crippen MR) is 85.7 cm³/mol. The number of para-hydroxylation sites is 1. The Labute approximate surface area is 124 Å². The number of aromatic nitrogens is 1. The molecule has 2 aromatic rings. The third-order valence-electron chi connectivity index (χ3n) is 2.22. The van der Waals surface area contributed by atoms with Crippen LogP contribution in [0.5, 0.6) is 0 Å². The molecule has 1 aromatic heterocycles. The van der Waals surface area contributed by atoms with Crippen LogP contribution in [0, 0.1) is 11.3 Å². The molecule has 19 heavy (non-hydrogen) atoms.